The van der Waals surface area contributed by atoms with E-state index in [9.17, 15) is 0 Å². The third kappa shape index (κ3) is 2.56. The fraction of sp³-hybridized carbons (Fsp3) is 0.438. The molecule has 0 aliphatic heterocycles. The van der Waals surface area contributed by atoms with Crippen molar-refractivity contribution in [2.45, 2.75) is 33.2 Å². The summed E-state index contributed by atoms with van der Waals surface area (Å²) in [5.74, 6) is 0.901. The van der Waals surface area contributed by atoms with Crippen LogP contribution in [-0.2, 0) is 13.5 Å². The van der Waals surface area contributed by atoms with Gasteiger partial charge < -0.3 is 10.5 Å². The van der Waals surface area contributed by atoms with E-state index in [1.54, 1.807) is 7.11 Å². The SMILES string of the molecule is CCc1cc(C(N)c2cc(C)c(OC)cc2C)n(C)n1. The lowest BCUT2D eigenvalue weighted by Crippen LogP contribution is -2.17. The van der Waals surface area contributed by atoms with Crippen molar-refractivity contribution in [1.82, 2.24) is 9.78 Å². The molecule has 0 radical (unpaired) electrons. The van der Waals surface area contributed by atoms with Gasteiger partial charge in [0.2, 0.25) is 0 Å². The van der Waals surface area contributed by atoms with Gasteiger partial charge in [0.1, 0.15) is 5.75 Å². The number of hydrogen-bond donors (Lipinski definition) is 1. The molecule has 2 rings (SSSR count). The van der Waals surface area contributed by atoms with Gasteiger partial charge in [-0.1, -0.05) is 13.0 Å². The van der Waals surface area contributed by atoms with Crippen LogP contribution < -0.4 is 10.5 Å². The van der Waals surface area contributed by atoms with E-state index in [-0.39, 0.29) is 6.04 Å². The number of aryl methyl sites for hydroxylation is 4. The summed E-state index contributed by atoms with van der Waals surface area (Å²) in [5.41, 5.74) is 11.9. The number of aromatic nitrogens is 2. The molecule has 0 bridgehead atoms. The van der Waals surface area contributed by atoms with Crippen molar-refractivity contribution >= 4 is 0 Å². The standard InChI is InChI=1S/C16H23N3O/c1-6-12-9-14(19(4)18-12)16(17)13-7-11(3)15(20-5)8-10(13)2/h7-9,16H,6,17H2,1-5H3. The molecule has 0 amide bonds. The smallest absolute Gasteiger partial charge is 0.122 e. The minimum absolute atomic E-state index is 0.169. The van der Waals surface area contributed by atoms with Crippen molar-refractivity contribution in [2.75, 3.05) is 7.11 Å². The Morgan fingerprint density at radius 2 is 1.95 bits per heavy atom. The first-order valence-electron chi connectivity index (χ1n) is 6.91. The highest BCUT2D eigenvalue weighted by molar-refractivity contribution is 5.45. The Labute approximate surface area is 120 Å². The maximum atomic E-state index is 6.44. The minimum atomic E-state index is -0.169. The average molecular weight is 273 g/mol. The summed E-state index contributed by atoms with van der Waals surface area (Å²) < 4.78 is 7.23. The van der Waals surface area contributed by atoms with Crippen LogP contribution in [-0.4, -0.2) is 16.9 Å². The third-order valence-electron chi connectivity index (χ3n) is 3.77. The number of nitrogens with two attached hydrogens (primary N) is 1. The van der Waals surface area contributed by atoms with E-state index in [4.69, 9.17) is 10.5 Å². The second-order valence-corrected chi connectivity index (χ2v) is 5.19. The van der Waals surface area contributed by atoms with Gasteiger partial charge in [0.25, 0.3) is 0 Å². The Morgan fingerprint density at radius 3 is 2.50 bits per heavy atom. The molecule has 4 nitrogen and oxygen atoms in total. The molecule has 1 heterocycles. The van der Waals surface area contributed by atoms with E-state index in [2.05, 4.69) is 31.1 Å². The first-order chi connectivity index (χ1) is 9.47. The van der Waals surface area contributed by atoms with Crippen molar-refractivity contribution in [3.05, 3.63) is 46.3 Å². The van der Waals surface area contributed by atoms with Crippen molar-refractivity contribution in [2.24, 2.45) is 12.8 Å². The predicted octanol–water partition coefficient (Wildman–Crippen LogP) is 2.66. The molecule has 1 unspecified atom stereocenters. The summed E-state index contributed by atoms with van der Waals surface area (Å²) in [6.45, 7) is 6.20. The van der Waals surface area contributed by atoms with Crippen LogP contribution in [0.5, 0.6) is 5.75 Å². The van der Waals surface area contributed by atoms with E-state index in [0.29, 0.717) is 0 Å². The quantitative estimate of drug-likeness (QED) is 0.931. The van der Waals surface area contributed by atoms with Crippen LogP contribution in [0.3, 0.4) is 0 Å². The average Bonchev–Trinajstić information content (AvgIpc) is 2.81. The molecule has 1 aromatic heterocycles. The molecule has 0 aliphatic carbocycles. The zero-order valence-electron chi connectivity index (χ0n) is 12.9. The summed E-state index contributed by atoms with van der Waals surface area (Å²) >= 11 is 0. The lowest BCUT2D eigenvalue weighted by molar-refractivity contribution is 0.411. The number of benzene rings is 1. The Bertz CT molecular complexity index is 616. The van der Waals surface area contributed by atoms with Crippen molar-refractivity contribution < 1.29 is 4.74 Å². The van der Waals surface area contributed by atoms with Crippen molar-refractivity contribution in [3.63, 3.8) is 0 Å². The highest BCUT2D eigenvalue weighted by atomic mass is 16.5. The monoisotopic (exact) mass is 273 g/mol. The topological polar surface area (TPSA) is 53.1 Å². The number of nitrogens with zero attached hydrogens (tertiary/aromatic N) is 2. The van der Waals surface area contributed by atoms with Gasteiger partial charge in [-0.3, -0.25) is 4.68 Å². The summed E-state index contributed by atoms with van der Waals surface area (Å²) in [6, 6.07) is 6.07. The van der Waals surface area contributed by atoms with Crippen LogP contribution in [0, 0.1) is 13.8 Å². The van der Waals surface area contributed by atoms with E-state index >= 15 is 0 Å². The Hall–Kier alpha value is -1.81. The third-order valence-corrected chi connectivity index (χ3v) is 3.77. The minimum Gasteiger partial charge on any atom is -0.496 e. The molecule has 0 fully saturated rings. The zero-order chi connectivity index (χ0) is 14.9. The van der Waals surface area contributed by atoms with Crippen LogP contribution in [0.4, 0.5) is 0 Å². The highest BCUT2D eigenvalue weighted by Gasteiger charge is 2.17. The molecule has 0 aliphatic rings. The van der Waals surface area contributed by atoms with Crippen LogP contribution in [0.25, 0.3) is 0 Å². The summed E-state index contributed by atoms with van der Waals surface area (Å²) in [6.07, 6.45) is 0.918. The van der Waals surface area contributed by atoms with E-state index in [1.807, 2.05) is 24.7 Å². The molecular formula is C16H23N3O. The van der Waals surface area contributed by atoms with Gasteiger partial charge in [0.05, 0.1) is 24.5 Å². The first kappa shape index (κ1) is 14.6. The van der Waals surface area contributed by atoms with Crippen molar-refractivity contribution in [1.29, 1.82) is 0 Å². The van der Waals surface area contributed by atoms with E-state index in [0.717, 1.165) is 40.2 Å². The second kappa shape index (κ2) is 5.67. The second-order valence-electron chi connectivity index (χ2n) is 5.19. The van der Waals surface area contributed by atoms with Gasteiger partial charge in [-0.15, -0.1) is 0 Å². The van der Waals surface area contributed by atoms with Gasteiger partial charge in [-0.2, -0.15) is 5.10 Å². The lowest BCUT2D eigenvalue weighted by atomic mass is 9.96. The molecule has 20 heavy (non-hydrogen) atoms. The van der Waals surface area contributed by atoms with Gasteiger partial charge in [-0.25, -0.2) is 0 Å². The molecule has 0 saturated carbocycles. The maximum Gasteiger partial charge on any atom is 0.122 e. The van der Waals surface area contributed by atoms with Crippen LogP contribution >= 0.6 is 0 Å². The van der Waals surface area contributed by atoms with Crippen LogP contribution in [0.2, 0.25) is 0 Å². The highest BCUT2D eigenvalue weighted by Crippen LogP contribution is 2.29. The summed E-state index contributed by atoms with van der Waals surface area (Å²) in [7, 11) is 3.64. The first-order valence-corrected chi connectivity index (χ1v) is 6.91. The molecule has 0 saturated heterocycles. The fourth-order valence-electron chi connectivity index (χ4n) is 2.53. The Kier molecular flexibility index (Phi) is 4.14. The summed E-state index contributed by atoms with van der Waals surface area (Å²) in [5, 5.41) is 4.47. The Morgan fingerprint density at radius 1 is 1.25 bits per heavy atom. The molecule has 2 N–H and O–H groups in total. The van der Waals surface area contributed by atoms with Gasteiger partial charge in [-0.05, 0) is 49.1 Å². The fourth-order valence-corrected chi connectivity index (χ4v) is 2.53. The maximum absolute atomic E-state index is 6.44. The molecule has 2 aromatic rings. The molecule has 0 spiro atoms. The number of ether oxygens (including phenoxy) is 1. The molecular weight excluding hydrogens is 250 g/mol. The van der Waals surface area contributed by atoms with Gasteiger partial charge in [0.15, 0.2) is 0 Å². The van der Waals surface area contributed by atoms with E-state index < -0.39 is 0 Å². The van der Waals surface area contributed by atoms with Crippen LogP contribution in [0.1, 0.15) is 41.0 Å². The molecule has 1 atom stereocenters. The number of methoxy groups -OCH3 is 1. The normalized spacial score (nSPS) is 12.5. The van der Waals surface area contributed by atoms with Crippen molar-refractivity contribution in [3.8, 4) is 5.75 Å². The lowest BCUT2D eigenvalue weighted by Gasteiger charge is -2.17. The Balaban J connectivity index is 2.44. The van der Waals surface area contributed by atoms with Crippen LogP contribution in [0.15, 0.2) is 18.2 Å². The van der Waals surface area contributed by atoms with Gasteiger partial charge >= 0.3 is 0 Å². The summed E-state index contributed by atoms with van der Waals surface area (Å²) in [4.78, 5) is 0. The predicted molar refractivity (Wildman–Crippen MR) is 81.1 cm³/mol. The van der Waals surface area contributed by atoms with Gasteiger partial charge in [0, 0.05) is 7.05 Å². The van der Waals surface area contributed by atoms with E-state index in [1.165, 1.54) is 0 Å². The number of hydrogen-bond acceptors (Lipinski definition) is 3. The largest absolute Gasteiger partial charge is 0.496 e. The number of rotatable bonds is 4. The molecule has 1 aromatic carbocycles. The zero-order valence-corrected chi connectivity index (χ0v) is 12.9. The molecule has 108 valence electrons. The molecule has 4 heteroatoms.